The first-order chi connectivity index (χ1) is 8.60. The van der Waals surface area contributed by atoms with Crippen molar-refractivity contribution in [2.24, 2.45) is 0 Å². The minimum Gasteiger partial charge on any atom is -0.381 e. The predicted molar refractivity (Wildman–Crippen MR) is 70.2 cm³/mol. The number of rotatable bonds is 3. The zero-order valence-corrected chi connectivity index (χ0v) is 11.5. The molecule has 0 aromatic carbocycles. The van der Waals surface area contributed by atoms with Crippen molar-refractivity contribution in [1.29, 1.82) is 0 Å². The van der Waals surface area contributed by atoms with Gasteiger partial charge in [-0.25, -0.2) is 4.98 Å². The topological polar surface area (TPSA) is 51.2 Å². The summed E-state index contributed by atoms with van der Waals surface area (Å²) in [6, 6.07) is 3.26. The molecule has 1 saturated carbocycles. The van der Waals surface area contributed by atoms with E-state index in [-0.39, 0.29) is 28.4 Å². The Kier molecular flexibility index (Phi) is 4.43. The van der Waals surface area contributed by atoms with Crippen LogP contribution in [0.2, 0.25) is 10.3 Å². The van der Waals surface area contributed by atoms with Crippen molar-refractivity contribution >= 4 is 29.1 Å². The summed E-state index contributed by atoms with van der Waals surface area (Å²) in [6.07, 6.45) is 2.95. The fraction of sp³-hybridized carbons (Fsp3) is 0.500. The number of pyridine rings is 1. The highest BCUT2D eigenvalue weighted by molar-refractivity contribution is 6.34. The number of ether oxygens (including phenoxy) is 1. The third kappa shape index (κ3) is 3.13. The SMILES string of the molecule is COC1CCC(NC(=O)c2ccc(Cl)nc2Cl)C1. The molecular weight excluding hydrogens is 275 g/mol. The number of halogens is 2. The maximum atomic E-state index is 12.0. The smallest absolute Gasteiger partial charge is 0.254 e. The summed E-state index contributed by atoms with van der Waals surface area (Å²) < 4.78 is 5.26. The highest BCUT2D eigenvalue weighted by Gasteiger charge is 2.26. The van der Waals surface area contributed by atoms with Crippen LogP contribution in [0.4, 0.5) is 0 Å². The minimum atomic E-state index is -0.217. The molecule has 2 rings (SSSR count). The molecule has 4 nitrogen and oxygen atoms in total. The number of methoxy groups -OCH3 is 1. The average Bonchev–Trinajstić information content (AvgIpc) is 2.76. The van der Waals surface area contributed by atoms with Crippen LogP contribution in [0.5, 0.6) is 0 Å². The Labute approximate surface area is 116 Å². The predicted octanol–water partition coefficient (Wildman–Crippen LogP) is 2.69. The molecule has 1 aliphatic carbocycles. The number of aromatic nitrogens is 1. The highest BCUT2D eigenvalue weighted by Crippen LogP contribution is 2.22. The van der Waals surface area contributed by atoms with Crippen molar-refractivity contribution in [2.45, 2.75) is 31.4 Å². The van der Waals surface area contributed by atoms with Gasteiger partial charge >= 0.3 is 0 Å². The number of hydrogen-bond donors (Lipinski definition) is 1. The van der Waals surface area contributed by atoms with E-state index < -0.39 is 0 Å². The Morgan fingerprint density at radius 2 is 2.22 bits per heavy atom. The molecule has 0 radical (unpaired) electrons. The van der Waals surface area contributed by atoms with Gasteiger partial charge in [0.25, 0.3) is 5.91 Å². The lowest BCUT2D eigenvalue weighted by Crippen LogP contribution is -2.33. The third-order valence-electron chi connectivity index (χ3n) is 3.11. The van der Waals surface area contributed by atoms with E-state index in [0.717, 1.165) is 19.3 Å². The van der Waals surface area contributed by atoms with Gasteiger partial charge in [-0.1, -0.05) is 23.2 Å². The molecule has 18 heavy (non-hydrogen) atoms. The van der Waals surface area contributed by atoms with E-state index in [9.17, 15) is 4.79 Å². The summed E-state index contributed by atoms with van der Waals surface area (Å²) in [6.45, 7) is 0. The first kappa shape index (κ1) is 13.6. The summed E-state index contributed by atoms with van der Waals surface area (Å²) in [5.41, 5.74) is 0.349. The van der Waals surface area contributed by atoms with Crippen LogP contribution >= 0.6 is 23.2 Å². The molecule has 1 N–H and O–H groups in total. The van der Waals surface area contributed by atoms with Crippen molar-refractivity contribution in [3.63, 3.8) is 0 Å². The molecule has 1 aromatic rings. The second kappa shape index (κ2) is 5.87. The molecule has 2 unspecified atom stereocenters. The zero-order chi connectivity index (χ0) is 13.1. The van der Waals surface area contributed by atoms with Crippen molar-refractivity contribution in [3.8, 4) is 0 Å². The Bertz CT molecular complexity index is 454. The number of nitrogens with zero attached hydrogens (tertiary/aromatic N) is 1. The maximum Gasteiger partial charge on any atom is 0.254 e. The summed E-state index contributed by atoms with van der Waals surface area (Å²) in [7, 11) is 1.69. The molecule has 1 heterocycles. The molecule has 98 valence electrons. The van der Waals surface area contributed by atoms with Crippen LogP contribution in [0, 0.1) is 0 Å². The molecule has 0 saturated heterocycles. The minimum absolute atomic E-state index is 0.126. The van der Waals surface area contributed by atoms with Gasteiger partial charge in [-0.15, -0.1) is 0 Å². The standard InChI is InChI=1S/C12H14Cl2N2O2/c1-18-8-3-2-7(6-8)15-12(17)9-4-5-10(13)16-11(9)14/h4-5,7-8H,2-3,6H2,1H3,(H,15,17). The number of carbonyl (C=O) groups is 1. The first-order valence-corrected chi connectivity index (χ1v) is 6.51. The van der Waals surface area contributed by atoms with E-state index >= 15 is 0 Å². The maximum absolute atomic E-state index is 12.0. The lowest BCUT2D eigenvalue weighted by molar-refractivity contribution is 0.0915. The van der Waals surface area contributed by atoms with Gasteiger partial charge in [0, 0.05) is 13.2 Å². The van der Waals surface area contributed by atoms with Gasteiger partial charge in [0.2, 0.25) is 0 Å². The van der Waals surface area contributed by atoms with Gasteiger partial charge in [0.15, 0.2) is 0 Å². The molecule has 1 aliphatic rings. The van der Waals surface area contributed by atoms with Crippen molar-refractivity contribution in [3.05, 3.63) is 28.0 Å². The van der Waals surface area contributed by atoms with Crippen molar-refractivity contribution < 1.29 is 9.53 Å². The lowest BCUT2D eigenvalue weighted by atomic mass is 10.2. The lowest BCUT2D eigenvalue weighted by Gasteiger charge is -2.13. The second-order valence-electron chi connectivity index (χ2n) is 4.31. The van der Waals surface area contributed by atoms with E-state index in [0.29, 0.717) is 5.56 Å². The van der Waals surface area contributed by atoms with Gasteiger partial charge < -0.3 is 10.1 Å². The van der Waals surface area contributed by atoms with Crippen LogP contribution in [0.1, 0.15) is 29.6 Å². The van der Waals surface area contributed by atoms with E-state index in [4.69, 9.17) is 27.9 Å². The molecule has 1 amide bonds. The first-order valence-electron chi connectivity index (χ1n) is 5.76. The molecule has 0 spiro atoms. The van der Waals surface area contributed by atoms with Crippen LogP contribution in [0.15, 0.2) is 12.1 Å². The Morgan fingerprint density at radius 1 is 1.44 bits per heavy atom. The fourth-order valence-electron chi connectivity index (χ4n) is 2.13. The Morgan fingerprint density at radius 3 is 2.83 bits per heavy atom. The average molecular weight is 289 g/mol. The monoisotopic (exact) mass is 288 g/mol. The molecule has 0 aliphatic heterocycles. The number of hydrogen-bond acceptors (Lipinski definition) is 3. The Balaban J connectivity index is 2.00. The number of amides is 1. The quantitative estimate of drug-likeness (QED) is 0.870. The summed E-state index contributed by atoms with van der Waals surface area (Å²) in [4.78, 5) is 15.9. The van der Waals surface area contributed by atoms with Gasteiger partial charge in [0.1, 0.15) is 10.3 Å². The molecule has 2 atom stereocenters. The summed E-state index contributed by atoms with van der Waals surface area (Å²) in [5.74, 6) is -0.217. The van der Waals surface area contributed by atoms with Gasteiger partial charge in [-0.2, -0.15) is 0 Å². The van der Waals surface area contributed by atoms with E-state index in [1.54, 1.807) is 19.2 Å². The van der Waals surface area contributed by atoms with E-state index in [1.807, 2.05) is 0 Å². The van der Waals surface area contributed by atoms with Gasteiger partial charge in [0.05, 0.1) is 11.7 Å². The normalized spacial score (nSPS) is 23.1. The van der Waals surface area contributed by atoms with E-state index in [1.165, 1.54) is 0 Å². The van der Waals surface area contributed by atoms with Crippen LogP contribution in [-0.2, 0) is 4.74 Å². The largest absolute Gasteiger partial charge is 0.381 e. The Hall–Kier alpha value is -0.840. The van der Waals surface area contributed by atoms with Crippen LogP contribution in [-0.4, -0.2) is 30.1 Å². The number of carbonyl (C=O) groups excluding carboxylic acids is 1. The van der Waals surface area contributed by atoms with E-state index in [2.05, 4.69) is 10.3 Å². The highest BCUT2D eigenvalue weighted by atomic mass is 35.5. The van der Waals surface area contributed by atoms with Crippen LogP contribution in [0.25, 0.3) is 0 Å². The summed E-state index contributed by atoms with van der Waals surface area (Å²) in [5, 5.41) is 3.33. The molecular formula is C12H14Cl2N2O2. The second-order valence-corrected chi connectivity index (χ2v) is 5.06. The molecule has 0 bridgehead atoms. The van der Waals surface area contributed by atoms with Gasteiger partial charge in [-0.05, 0) is 31.4 Å². The van der Waals surface area contributed by atoms with Crippen LogP contribution in [0.3, 0.4) is 0 Å². The third-order valence-corrected chi connectivity index (χ3v) is 3.61. The van der Waals surface area contributed by atoms with Crippen LogP contribution < -0.4 is 5.32 Å². The summed E-state index contributed by atoms with van der Waals surface area (Å²) >= 11 is 11.6. The number of nitrogens with one attached hydrogen (secondary N) is 1. The zero-order valence-electron chi connectivity index (χ0n) is 9.95. The van der Waals surface area contributed by atoms with Crippen molar-refractivity contribution in [1.82, 2.24) is 10.3 Å². The molecule has 1 aromatic heterocycles. The van der Waals surface area contributed by atoms with Crippen molar-refractivity contribution in [2.75, 3.05) is 7.11 Å². The molecule has 1 fully saturated rings. The van der Waals surface area contributed by atoms with Gasteiger partial charge in [-0.3, -0.25) is 4.79 Å². The fourth-order valence-corrected chi connectivity index (χ4v) is 2.56. The molecule has 6 heteroatoms.